The number of thioether (sulfide) groups is 1. The van der Waals surface area contributed by atoms with Crippen molar-refractivity contribution in [2.24, 2.45) is 7.05 Å². The SMILES string of the molecule is Cl.Cn1nnnc1SCCNCc1ccc(-c2ccc(F)c(Cl)c2)o1. The molecule has 0 aliphatic carbocycles. The molecule has 0 amide bonds. The van der Waals surface area contributed by atoms with Gasteiger partial charge in [0.15, 0.2) is 0 Å². The van der Waals surface area contributed by atoms with Crippen LogP contribution in [0.2, 0.25) is 5.02 Å². The fraction of sp³-hybridized carbons (Fsp3) is 0.267. The molecule has 10 heteroatoms. The Morgan fingerprint density at radius 1 is 1.32 bits per heavy atom. The number of benzene rings is 1. The highest BCUT2D eigenvalue weighted by atomic mass is 35.5. The van der Waals surface area contributed by atoms with E-state index in [0.717, 1.165) is 28.8 Å². The normalized spacial score (nSPS) is 10.7. The largest absolute Gasteiger partial charge is 0.460 e. The number of hydrogen-bond donors (Lipinski definition) is 1. The second-order valence-electron chi connectivity index (χ2n) is 5.01. The van der Waals surface area contributed by atoms with E-state index in [1.165, 1.54) is 6.07 Å². The molecule has 1 aromatic carbocycles. The number of hydrogen-bond acceptors (Lipinski definition) is 6. The molecular formula is C15H16Cl2FN5OS. The molecule has 0 bridgehead atoms. The van der Waals surface area contributed by atoms with Crippen LogP contribution < -0.4 is 5.32 Å². The lowest BCUT2D eigenvalue weighted by Gasteiger charge is -2.02. The molecule has 6 nitrogen and oxygen atoms in total. The molecule has 1 N–H and O–H groups in total. The zero-order chi connectivity index (χ0) is 16.9. The van der Waals surface area contributed by atoms with E-state index in [4.69, 9.17) is 16.0 Å². The Morgan fingerprint density at radius 3 is 2.88 bits per heavy atom. The van der Waals surface area contributed by atoms with Gasteiger partial charge in [-0.3, -0.25) is 0 Å². The average molecular weight is 404 g/mol. The molecule has 0 aliphatic heterocycles. The predicted octanol–water partition coefficient (Wildman–Crippen LogP) is 3.57. The Balaban J connectivity index is 0.00000225. The first-order valence-electron chi connectivity index (χ1n) is 7.23. The summed E-state index contributed by atoms with van der Waals surface area (Å²) < 4.78 is 20.6. The Labute approximate surface area is 159 Å². The van der Waals surface area contributed by atoms with Gasteiger partial charge in [0.25, 0.3) is 0 Å². The Bertz CT molecular complexity index is 826. The summed E-state index contributed by atoms with van der Waals surface area (Å²) in [6.07, 6.45) is 0. The van der Waals surface area contributed by atoms with E-state index in [-0.39, 0.29) is 17.4 Å². The summed E-state index contributed by atoms with van der Waals surface area (Å²) in [5, 5.41) is 15.4. The summed E-state index contributed by atoms with van der Waals surface area (Å²) in [7, 11) is 1.81. The van der Waals surface area contributed by atoms with Gasteiger partial charge in [0, 0.05) is 24.9 Å². The summed E-state index contributed by atoms with van der Waals surface area (Å²) in [6, 6.07) is 8.26. The van der Waals surface area contributed by atoms with Crippen LogP contribution in [0.1, 0.15) is 5.76 Å². The zero-order valence-corrected chi connectivity index (χ0v) is 15.7. The highest BCUT2D eigenvalue weighted by molar-refractivity contribution is 7.99. The number of nitrogens with zero attached hydrogens (tertiary/aromatic N) is 4. The second-order valence-corrected chi connectivity index (χ2v) is 6.47. The van der Waals surface area contributed by atoms with Crippen LogP contribution in [0.15, 0.2) is 39.9 Å². The lowest BCUT2D eigenvalue weighted by molar-refractivity contribution is 0.499. The van der Waals surface area contributed by atoms with Crippen LogP contribution >= 0.6 is 35.8 Å². The lowest BCUT2D eigenvalue weighted by atomic mass is 10.2. The monoisotopic (exact) mass is 403 g/mol. The third-order valence-corrected chi connectivity index (χ3v) is 4.56. The third-order valence-electron chi connectivity index (χ3n) is 3.26. The summed E-state index contributed by atoms with van der Waals surface area (Å²) in [4.78, 5) is 0. The molecule has 0 saturated carbocycles. The smallest absolute Gasteiger partial charge is 0.209 e. The van der Waals surface area contributed by atoms with Gasteiger partial charge in [-0.05, 0) is 40.8 Å². The number of aromatic nitrogens is 4. The van der Waals surface area contributed by atoms with Crippen molar-refractivity contribution in [3.05, 3.63) is 46.9 Å². The van der Waals surface area contributed by atoms with Crippen molar-refractivity contribution in [1.82, 2.24) is 25.5 Å². The molecule has 0 aliphatic rings. The van der Waals surface area contributed by atoms with Crippen molar-refractivity contribution in [3.63, 3.8) is 0 Å². The Hall–Kier alpha value is -1.61. The topological polar surface area (TPSA) is 68.8 Å². The van der Waals surface area contributed by atoms with Crippen LogP contribution in [-0.2, 0) is 13.6 Å². The van der Waals surface area contributed by atoms with E-state index in [1.54, 1.807) is 28.6 Å². The minimum Gasteiger partial charge on any atom is -0.460 e. The van der Waals surface area contributed by atoms with Gasteiger partial charge in [0.1, 0.15) is 17.3 Å². The maximum Gasteiger partial charge on any atom is 0.209 e. The van der Waals surface area contributed by atoms with Gasteiger partial charge in [0.2, 0.25) is 5.16 Å². The number of rotatable bonds is 7. The standard InChI is InChI=1S/C15H15ClFN5OS.ClH/c1-22-15(19-20-21-22)24-7-6-18-9-11-3-5-14(23-11)10-2-4-13(17)12(16)8-10;/h2-5,8,18H,6-7,9H2,1H3;1H. The Morgan fingerprint density at radius 2 is 2.16 bits per heavy atom. The van der Waals surface area contributed by atoms with E-state index in [1.807, 2.05) is 19.2 Å². The van der Waals surface area contributed by atoms with Crippen LogP contribution in [0.3, 0.4) is 0 Å². The maximum atomic E-state index is 13.2. The lowest BCUT2D eigenvalue weighted by Crippen LogP contribution is -2.16. The van der Waals surface area contributed by atoms with Crippen molar-refractivity contribution < 1.29 is 8.81 Å². The number of nitrogens with one attached hydrogen (secondary N) is 1. The highest BCUT2D eigenvalue weighted by Gasteiger charge is 2.08. The van der Waals surface area contributed by atoms with Gasteiger partial charge in [-0.2, -0.15) is 0 Å². The zero-order valence-electron chi connectivity index (χ0n) is 13.3. The first-order valence-corrected chi connectivity index (χ1v) is 8.60. The van der Waals surface area contributed by atoms with Gasteiger partial charge in [-0.25, -0.2) is 9.07 Å². The van der Waals surface area contributed by atoms with E-state index >= 15 is 0 Å². The van der Waals surface area contributed by atoms with Gasteiger partial charge in [0.05, 0.1) is 11.6 Å². The van der Waals surface area contributed by atoms with Gasteiger partial charge in [-0.1, -0.05) is 23.4 Å². The fourth-order valence-corrected chi connectivity index (χ4v) is 2.97. The fourth-order valence-electron chi connectivity index (χ4n) is 2.05. The first kappa shape index (κ1) is 19.7. The Kier molecular flexibility index (Phi) is 7.24. The van der Waals surface area contributed by atoms with Gasteiger partial charge < -0.3 is 9.73 Å². The summed E-state index contributed by atoms with van der Waals surface area (Å²) in [6.45, 7) is 1.39. The van der Waals surface area contributed by atoms with Crippen molar-refractivity contribution in [2.75, 3.05) is 12.3 Å². The molecule has 0 saturated heterocycles. The molecule has 25 heavy (non-hydrogen) atoms. The van der Waals surface area contributed by atoms with E-state index < -0.39 is 5.82 Å². The van der Waals surface area contributed by atoms with Crippen molar-refractivity contribution >= 4 is 35.8 Å². The molecule has 2 aromatic heterocycles. The van der Waals surface area contributed by atoms with Crippen LogP contribution in [-0.4, -0.2) is 32.5 Å². The third kappa shape index (κ3) is 5.18. The molecule has 2 heterocycles. The predicted molar refractivity (Wildman–Crippen MR) is 97.6 cm³/mol. The van der Waals surface area contributed by atoms with E-state index in [2.05, 4.69) is 20.8 Å². The molecule has 134 valence electrons. The molecule has 3 rings (SSSR count). The minimum atomic E-state index is -0.440. The van der Waals surface area contributed by atoms with Gasteiger partial charge in [-0.15, -0.1) is 17.5 Å². The van der Waals surface area contributed by atoms with E-state index in [9.17, 15) is 4.39 Å². The van der Waals surface area contributed by atoms with E-state index in [0.29, 0.717) is 12.3 Å². The number of furan rings is 1. The summed E-state index contributed by atoms with van der Waals surface area (Å²) in [5.41, 5.74) is 0.748. The van der Waals surface area contributed by atoms with Crippen molar-refractivity contribution in [3.8, 4) is 11.3 Å². The first-order chi connectivity index (χ1) is 11.6. The molecule has 3 aromatic rings. The van der Waals surface area contributed by atoms with Crippen LogP contribution in [0.4, 0.5) is 4.39 Å². The number of halogens is 3. The van der Waals surface area contributed by atoms with Crippen LogP contribution in [0, 0.1) is 5.82 Å². The van der Waals surface area contributed by atoms with Crippen molar-refractivity contribution in [2.45, 2.75) is 11.7 Å². The average Bonchev–Trinajstić information content (AvgIpc) is 3.19. The molecule has 0 radical (unpaired) electrons. The molecule has 0 fully saturated rings. The minimum absolute atomic E-state index is 0. The quantitative estimate of drug-likeness (QED) is 0.480. The summed E-state index contributed by atoms with van der Waals surface area (Å²) >= 11 is 7.37. The van der Waals surface area contributed by atoms with Gasteiger partial charge >= 0.3 is 0 Å². The van der Waals surface area contributed by atoms with Crippen molar-refractivity contribution in [1.29, 1.82) is 0 Å². The number of aryl methyl sites for hydroxylation is 1. The second kappa shape index (κ2) is 9.19. The molecule has 0 atom stereocenters. The number of tetrazole rings is 1. The summed E-state index contributed by atoms with van der Waals surface area (Å²) in [5.74, 6) is 1.86. The van der Waals surface area contributed by atoms with Crippen LogP contribution in [0.5, 0.6) is 0 Å². The molecule has 0 spiro atoms. The highest BCUT2D eigenvalue weighted by Crippen LogP contribution is 2.26. The van der Waals surface area contributed by atoms with Crippen LogP contribution in [0.25, 0.3) is 11.3 Å². The molecule has 0 unspecified atom stereocenters. The molecular weight excluding hydrogens is 388 g/mol. The maximum absolute atomic E-state index is 13.2.